The molecule has 0 atom stereocenters. The van der Waals surface area contributed by atoms with Gasteiger partial charge in [0.05, 0.1) is 17.1 Å². The normalized spacial score (nSPS) is 11.7. The quantitative estimate of drug-likeness (QED) is 0.810. The summed E-state index contributed by atoms with van der Waals surface area (Å²) in [4.78, 5) is 10.8. The zero-order chi connectivity index (χ0) is 14.5. The number of rotatable bonds is 7. The minimum atomic E-state index is -3.69. The van der Waals surface area contributed by atoms with Crippen LogP contribution in [-0.4, -0.2) is 50.6 Å². The van der Waals surface area contributed by atoms with Gasteiger partial charge in [0.15, 0.2) is 0 Å². The molecule has 0 heterocycles. The molecule has 0 amide bonds. The average Bonchev–Trinajstić information content (AvgIpc) is 2.39. The summed E-state index contributed by atoms with van der Waals surface area (Å²) in [6.07, 6.45) is 0. The van der Waals surface area contributed by atoms with Crippen molar-refractivity contribution < 1.29 is 23.1 Å². The van der Waals surface area contributed by atoms with Gasteiger partial charge in [0.1, 0.15) is 0 Å². The maximum Gasteiger partial charge on any atom is 0.335 e. The first-order chi connectivity index (χ1) is 8.93. The number of ether oxygens (including phenoxy) is 1. The van der Waals surface area contributed by atoms with E-state index in [1.165, 1.54) is 29.6 Å². The Bertz CT molecular complexity index is 541. The number of likely N-dealkylation sites (N-methyl/N-ethyl adjacent to an activating group) is 1. The van der Waals surface area contributed by atoms with Crippen LogP contribution in [0.1, 0.15) is 17.3 Å². The van der Waals surface area contributed by atoms with Gasteiger partial charge in [-0.05, 0) is 18.2 Å². The van der Waals surface area contributed by atoms with Crippen LogP contribution in [0.3, 0.4) is 0 Å². The molecule has 0 bridgehead atoms. The predicted molar refractivity (Wildman–Crippen MR) is 69.7 cm³/mol. The van der Waals surface area contributed by atoms with Gasteiger partial charge in [0, 0.05) is 20.2 Å². The lowest BCUT2D eigenvalue weighted by Gasteiger charge is -2.20. The van der Waals surface area contributed by atoms with Crippen molar-refractivity contribution in [1.82, 2.24) is 4.31 Å². The molecule has 0 aromatic heterocycles. The molecular formula is C12H17NO5S. The third kappa shape index (κ3) is 3.76. The molecule has 1 N–H and O–H groups in total. The Kier molecular flexibility index (Phi) is 5.46. The topological polar surface area (TPSA) is 83.9 Å². The number of aromatic carboxylic acids is 1. The lowest BCUT2D eigenvalue weighted by molar-refractivity contribution is 0.0696. The highest BCUT2D eigenvalue weighted by atomic mass is 32.2. The van der Waals surface area contributed by atoms with E-state index in [2.05, 4.69) is 0 Å². The number of hydrogen-bond donors (Lipinski definition) is 1. The molecule has 1 aromatic carbocycles. The van der Waals surface area contributed by atoms with Gasteiger partial charge in [0.2, 0.25) is 10.0 Å². The Balaban J connectivity index is 3.11. The Hall–Kier alpha value is -1.44. The summed E-state index contributed by atoms with van der Waals surface area (Å²) in [6, 6.07) is 5.32. The van der Waals surface area contributed by atoms with Gasteiger partial charge in [0.25, 0.3) is 0 Å². The lowest BCUT2D eigenvalue weighted by atomic mass is 10.2. The molecule has 0 saturated carbocycles. The number of hydrogen-bond acceptors (Lipinski definition) is 4. The predicted octanol–water partition coefficient (Wildman–Crippen LogP) is 1.04. The Morgan fingerprint density at radius 3 is 2.63 bits per heavy atom. The first-order valence-corrected chi connectivity index (χ1v) is 7.20. The molecule has 0 saturated heterocycles. The fourth-order valence-electron chi connectivity index (χ4n) is 1.58. The summed E-state index contributed by atoms with van der Waals surface area (Å²) >= 11 is 0. The third-order valence-electron chi connectivity index (χ3n) is 2.62. The summed E-state index contributed by atoms with van der Waals surface area (Å²) in [7, 11) is -2.20. The van der Waals surface area contributed by atoms with E-state index in [1.807, 2.05) is 0 Å². The highest BCUT2D eigenvalue weighted by Gasteiger charge is 2.23. The van der Waals surface area contributed by atoms with E-state index in [-0.39, 0.29) is 23.6 Å². The fraction of sp³-hybridized carbons (Fsp3) is 0.417. The molecule has 106 valence electrons. The molecule has 0 spiro atoms. The van der Waals surface area contributed by atoms with Crippen LogP contribution in [0.5, 0.6) is 0 Å². The van der Waals surface area contributed by atoms with E-state index in [0.717, 1.165) is 6.07 Å². The van der Waals surface area contributed by atoms with Gasteiger partial charge in [-0.3, -0.25) is 0 Å². The molecule has 0 aliphatic rings. The summed E-state index contributed by atoms with van der Waals surface area (Å²) < 4.78 is 30.8. The molecule has 0 radical (unpaired) electrons. The maximum atomic E-state index is 12.3. The zero-order valence-corrected chi connectivity index (χ0v) is 11.7. The zero-order valence-electron chi connectivity index (χ0n) is 10.9. The molecule has 0 aliphatic carbocycles. The first kappa shape index (κ1) is 15.6. The van der Waals surface area contributed by atoms with Crippen molar-refractivity contribution in [2.45, 2.75) is 11.8 Å². The van der Waals surface area contributed by atoms with Crippen molar-refractivity contribution in [3.8, 4) is 0 Å². The molecule has 19 heavy (non-hydrogen) atoms. The van der Waals surface area contributed by atoms with Crippen LogP contribution in [0.25, 0.3) is 0 Å². The van der Waals surface area contributed by atoms with Crippen LogP contribution in [0.4, 0.5) is 0 Å². The van der Waals surface area contributed by atoms with Crippen LogP contribution in [0, 0.1) is 0 Å². The van der Waals surface area contributed by atoms with Crippen LogP contribution >= 0.6 is 0 Å². The Morgan fingerprint density at radius 1 is 1.42 bits per heavy atom. The van der Waals surface area contributed by atoms with Gasteiger partial charge >= 0.3 is 5.97 Å². The highest BCUT2D eigenvalue weighted by molar-refractivity contribution is 7.89. The second kappa shape index (κ2) is 6.65. The number of methoxy groups -OCH3 is 1. The second-order valence-corrected chi connectivity index (χ2v) is 5.76. The van der Waals surface area contributed by atoms with Crippen molar-refractivity contribution >= 4 is 16.0 Å². The van der Waals surface area contributed by atoms with Gasteiger partial charge < -0.3 is 9.84 Å². The molecular weight excluding hydrogens is 270 g/mol. The first-order valence-electron chi connectivity index (χ1n) is 5.76. The van der Waals surface area contributed by atoms with E-state index in [1.54, 1.807) is 6.92 Å². The van der Waals surface area contributed by atoms with Crippen molar-refractivity contribution in [2.24, 2.45) is 0 Å². The Morgan fingerprint density at radius 2 is 2.11 bits per heavy atom. The second-order valence-electron chi connectivity index (χ2n) is 3.82. The van der Waals surface area contributed by atoms with Crippen molar-refractivity contribution in [3.63, 3.8) is 0 Å². The number of carboxylic acid groups (broad SMARTS) is 1. The maximum absolute atomic E-state index is 12.3. The standard InChI is InChI=1S/C12H17NO5S/c1-3-13(7-8-18-2)19(16,17)11-6-4-5-10(9-11)12(14)15/h4-6,9H,3,7-8H2,1-2H3,(H,14,15). The van der Waals surface area contributed by atoms with Crippen molar-refractivity contribution in [2.75, 3.05) is 26.8 Å². The molecule has 0 aliphatic heterocycles. The van der Waals surface area contributed by atoms with E-state index < -0.39 is 16.0 Å². The van der Waals surface area contributed by atoms with E-state index in [4.69, 9.17) is 9.84 Å². The lowest BCUT2D eigenvalue weighted by Crippen LogP contribution is -2.33. The van der Waals surface area contributed by atoms with Crippen molar-refractivity contribution in [3.05, 3.63) is 29.8 Å². The van der Waals surface area contributed by atoms with Gasteiger partial charge in [-0.2, -0.15) is 4.31 Å². The SMILES string of the molecule is CCN(CCOC)S(=O)(=O)c1cccc(C(=O)O)c1. The smallest absolute Gasteiger partial charge is 0.335 e. The fourth-order valence-corrected chi connectivity index (χ4v) is 3.06. The van der Waals surface area contributed by atoms with Gasteiger partial charge in [-0.25, -0.2) is 13.2 Å². The van der Waals surface area contributed by atoms with Gasteiger partial charge in [-0.15, -0.1) is 0 Å². The third-order valence-corrected chi connectivity index (χ3v) is 4.59. The summed E-state index contributed by atoms with van der Waals surface area (Å²) in [5, 5.41) is 8.88. The minimum Gasteiger partial charge on any atom is -0.478 e. The number of benzene rings is 1. The molecule has 7 heteroatoms. The highest BCUT2D eigenvalue weighted by Crippen LogP contribution is 2.17. The molecule has 6 nitrogen and oxygen atoms in total. The van der Waals surface area contributed by atoms with Crippen molar-refractivity contribution in [1.29, 1.82) is 0 Å². The van der Waals surface area contributed by atoms with Crippen LogP contribution in [0.2, 0.25) is 0 Å². The van der Waals surface area contributed by atoms with Crippen LogP contribution < -0.4 is 0 Å². The summed E-state index contributed by atoms with van der Waals surface area (Å²) in [5.41, 5.74) is -0.0520. The average molecular weight is 287 g/mol. The van der Waals surface area contributed by atoms with Gasteiger partial charge in [-0.1, -0.05) is 13.0 Å². The molecule has 0 fully saturated rings. The minimum absolute atomic E-state index is 0.0228. The van der Waals surface area contributed by atoms with E-state index in [0.29, 0.717) is 6.54 Å². The largest absolute Gasteiger partial charge is 0.478 e. The number of nitrogens with zero attached hydrogens (tertiary/aromatic N) is 1. The van der Waals surface area contributed by atoms with E-state index in [9.17, 15) is 13.2 Å². The van der Waals surface area contributed by atoms with Crippen LogP contribution in [-0.2, 0) is 14.8 Å². The molecule has 0 unspecified atom stereocenters. The molecule has 1 rings (SSSR count). The monoisotopic (exact) mass is 287 g/mol. The number of carbonyl (C=O) groups is 1. The van der Waals surface area contributed by atoms with Crippen LogP contribution in [0.15, 0.2) is 29.2 Å². The summed E-state index contributed by atoms with van der Waals surface area (Å²) in [5.74, 6) is -1.16. The summed E-state index contributed by atoms with van der Waals surface area (Å²) in [6.45, 7) is 2.52. The molecule has 1 aromatic rings. The Labute approximate surface area is 112 Å². The van der Waals surface area contributed by atoms with E-state index >= 15 is 0 Å². The number of sulfonamides is 1. The number of carboxylic acids is 1.